The Bertz CT molecular complexity index is 365. The van der Waals surface area contributed by atoms with Gasteiger partial charge < -0.3 is 13.8 Å². The van der Waals surface area contributed by atoms with E-state index in [-0.39, 0.29) is 23.0 Å². The minimum absolute atomic E-state index is 0.0126. The Morgan fingerprint density at radius 1 is 1.22 bits per heavy atom. The highest BCUT2D eigenvalue weighted by Gasteiger charge is 2.70. The Kier molecular flexibility index (Phi) is 3.86. The highest BCUT2D eigenvalue weighted by atomic mass is 31.2. The van der Waals surface area contributed by atoms with Crippen molar-refractivity contribution in [2.24, 2.45) is 11.3 Å². The third-order valence-corrected chi connectivity index (χ3v) is 6.72. The Balaban J connectivity index is 1.94. The molecular weight excluding hydrogens is 255 g/mol. The molecule has 2 rings (SSSR count). The van der Waals surface area contributed by atoms with Crippen LogP contribution in [-0.2, 0) is 23.1 Å². The summed E-state index contributed by atoms with van der Waals surface area (Å²) in [5.41, 5.74) is -0.00978. The Morgan fingerprint density at radius 3 is 2.22 bits per heavy atom. The molecule has 0 aliphatic heterocycles. The molecule has 1 spiro atoms. The smallest absolute Gasteiger partial charge is 0.334 e. The maximum Gasteiger partial charge on any atom is 0.334 e. The molecule has 5 nitrogen and oxygen atoms in total. The molecule has 0 amide bonds. The third kappa shape index (κ3) is 2.24. The van der Waals surface area contributed by atoms with Crippen LogP contribution in [0.4, 0.5) is 0 Å². The van der Waals surface area contributed by atoms with Crippen LogP contribution < -0.4 is 0 Å². The molecule has 1 atom stereocenters. The molecule has 0 aromatic carbocycles. The quantitative estimate of drug-likeness (QED) is 0.551. The average Bonchev–Trinajstić information content (AvgIpc) is 3.03. The first-order valence-electron chi connectivity index (χ1n) is 6.48. The predicted octanol–water partition coefficient (Wildman–Crippen LogP) is 2.59. The van der Waals surface area contributed by atoms with Crippen LogP contribution in [0.3, 0.4) is 0 Å². The standard InChI is InChI=1S/C12H21O5P/c1-4-16-18(14,17-5-2)10-8-12(10)6-9(7-12)11(13)15-3/h9-10H,4-8H2,1-3H3. The Hall–Kier alpha value is -0.380. The van der Waals surface area contributed by atoms with Crippen LogP contribution in [0.2, 0.25) is 0 Å². The van der Waals surface area contributed by atoms with Crippen molar-refractivity contribution in [2.75, 3.05) is 20.3 Å². The highest BCUT2D eigenvalue weighted by molar-refractivity contribution is 7.55. The van der Waals surface area contributed by atoms with Crippen molar-refractivity contribution in [1.29, 1.82) is 0 Å². The molecule has 0 saturated heterocycles. The molecule has 6 heteroatoms. The summed E-state index contributed by atoms with van der Waals surface area (Å²) in [5.74, 6) is -0.189. The third-order valence-electron chi connectivity index (χ3n) is 3.99. The van der Waals surface area contributed by atoms with Crippen LogP contribution in [0, 0.1) is 11.3 Å². The van der Waals surface area contributed by atoms with E-state index in [4.69, 9.17) is 13.8 Å². The van der Waals surface area contributed by atoms with Crippen molar-refractivity contribution in [3.63, 3.8) is 0 Å². The summed E-state index contributed by atoms with van der Waals surface area (Å²) in [4.78, 5) is 11.4. The molecule has 0 aromatic heterocycles. The number of esters is 1. The average molecular weight is 276 g/mol. The van der Waals surface area contributed by atoms with Gasteiger partial charge in [0.15, 0.2) is 0 Å². The first-order valence-corrected chi connectivity index (χ1v) is 8.09. The van der Waals surface area contributed by atoms with Crippen LogP contribution in [0.1, 0.15) is 33.1 Å². The zero-order valence-corrected chi connectivity index (χ0v) is 12.1. The van der Waals surface area contributed by atoms with Crippen LogP contribution in [0.25, 0.3) is 0 Å². The Labute approximate surface area is 108 Å². The van der Waals surface area contributed by atoms with E-state index < -0.39 is 7.60 Å². The lowest BCUT2D eigenvalue weighted by Crippen LogP contribution is -2.35. The summed E-state index contributed by atoms with van der Waals surface area (Å²) in [6.45, 7) is 4.42. The van der Waals surface area contributed by atoms with Crippen molar-refractivity contribution >= 4 is 13.6 Å². The number of methoxy groups -OCH3 is 1. The molecule has 2 saturated carbocycles. The molecule has 0 bridgehead atoms. The van der Waals surface area contributed by atoms with Gasteiger partial charge in [0, 0.05) is 0 Å². The number of hydrogen-bond acceptors (Lipinski definition) is 5. The van der Waals surface area contributed by atoms with E-state index in [1.54, 1.807) is 0 Å². The van der Waals surface area contributed by atoms with E-state index in [1.165, 1.54) is 7.11 Å². The highest BCUT2D eigenvalue weighted by Crippen LogP contribution is 2.78. The molecule has 0 aromatic rings. The molecule has 2 aliphatic rings. The number of carbonyl (C=O) groups is 1. The van der Waals surface area contributed by atoms with E-state index in [2.05, 4.69) is 0 Å². The van der Waals surface area contributed by atoms with Gasteiger partial charge in [-0.05, 0) is 38.5 Å². The van der Waals surface area contributed by atoms with Gasteiger partial charge in [-0.15, -0.1) is 0 Å². The molecule has 2 fully saturated rings. The molecule has 104 valence electrons. The second-order valence-corrected chi connectivity index (χ2v) is 7.31. The predicted molar refractivity (Wildman–Crippen MR) is 66.4 cm³/mol. The van der Waals surface area contributed by atoms with E-state index in [9.17, 15) is 9.36 Å². The van der Waals surface area contributed by atoms with Crippen molar-refractivity contribution in [3.8, 4) is 0 Å². The van der Waals surface area contributed by atoms with Gasteiger partial charge in [0.25, 0.3) is 0 Å². The molecule has 0 N–H and O–H groups in total. The van der Waals surface area contributed by atoms with Crippen LogP contribution in [-0.4, -0.2) is 32.0 Å². The second kappa shape index (κ2) is 4.95. The van der Waals surface area contributed by atoms with Crippen LogP contribution >= 0.6 is 7.60 Å². The molecular formula is C12H21O5P. The van der Waals surface area contributed by atoms with Gasteiger partial charge in [-0.25, -0.2) is 0 Å². The van der Waals surface area contributed by atoms with Gasteiger partial charge in [-0.3, -0.25) is 9.36 Å². The van der Waals surface area contributed by atoms with Gasteiger partial charge in [-0.1, -0.05) is 0 Å². The molecule has 0 heterocycles. The fourth-order valence-corrected chi connectivity index (χ4v) is 5.67. The first-order chi connectivity index (χ1) is 8.51. The fourth-order valence-electron chi connectivity index (χ4n) is 3.04. The van der Waals surface area contributed by atoms with Gasteiger partial charge in [0.2, 0.25) is 0 Å². The first kappa shape index (κ1) is 14.0. The number of hydrogen-bond donors (Lipinski definition) is 0. The number of rotatable bonds is 6. The lowest BCUT2D eigenvalue weighted by molar-refractivity contribution is -0.150. The summed E-state index contributed by atoms with van der Waals surface area (Å²) >= 11 is 0. The normalized spacial score (nSPS) is 34.2. The zero-order valence-electron chi connectivity index (χ0n) is 11.2. The van der Waals surface area contributed by atoms with E-state index in [0.29, 0.717) is 13.2 Å². The van der Waals surface area contributed by atoms with E-state index in [1.807, 2.05) is 13.8 Å². The van der Waals surface area contributed by atoms with Crippen LogP contribution in [0.15, 0.2) is 0 Å². The molecule has 18 heavy (non-hydrogen) atoms. The van der Waals surface area contributed by atoms with Gasteiger partial charge in [-0.2, -0.15) is 0 Å². The van der Waals surface area contributed by atoms with Crippen LogP contribution in [0.5, 0.6) is 0 Å². The summed E-state index contributed by atoms with van der Waals surface area (Å²) in [5, 5.41) is 0. The monoisotopic (exact) mass is 276 g/mol. The second-order valence-electron chi connectivity index (χ2n) is 5.09. The summed E-state index contributed by atoms with van der Waals surface area (Å²) < 4.78 is 28.0. The zero-order chi connectivity index (χ0) is 13.4. The maximum atomic E-state index is 12.6. The van der Waals surface area contributed by atoms with Crippen molar-refractivity contribution in [2.45, 2.75) is 38.8 Å². The SMILES string of the molecule is CCOP(=O)(OCC)C1CC12CC(C(=O)OC)C2. The topological polar surface area (TPSA) is 61.8 Å². The summed E-state index contributed by atoms with van der Waals surface area (Å²) in [7, 11) is -1.58. The van der Waals surface area contributed by atoms with Gasteiger partial charge in [0.1, 0.15) is 0 Å². The summed E-state index contributed by atoms with van der Waals surface area (Å²) in [6, 6.07) is 0. The van der Waals surface area contributed by atoms with Crippen molar-refractivity contribution < 1.29 is 23.1 Å². The van der Waals surface area contributed by atoms with Crippen molar-refractivity contribution in [1.82, 2.24) is 0 Å². The Morgan fingerprint density at radius 2 is 1.78 bits per heavy atom. The maximum absolute atomic E-state index is 12.6. The molecule has 2 aliphatic carbocycles. The largest absolute Gasteiger partial charge is 0.469 e. The minimum Gasteiger partial charge on any atom is -0.469 e. The fraction of sp³-hybridized carbons (Fsp3) is 0.917. The minimum atomic E-state index is -2.98. The number of carbonyl (C=O) groups excluding carboxylic acids is 1. The molecule has 0 radical (unpaired) electrons. The lowest BCUT2D eigenvalue weighted by Gasteiger charge is -2.35. The lowest BCUT2D eigenvalue weighted by atomic mass is 9.72. The van der Waals surface area contributed by atoms with E-state index >= 15 is 0 Å². The van der Waals surface area contributed by atoms with Gasteiger partial charge in [0.05, 0.1) is 31.9 Å². The summed E-state index contributed by atoms with van der Waals surface area (Å²) in [6.07, 6.45) is 2.36. The number of ether oxygens (including phenoxy) is 1. The molecule has 1 unspecified atom stereocenters. The van der Waals surface area contributed by atoms with E-state index in [0.717, 1.165) is 19.3 Å². The van der Waals surface area contributed by atoms with Gasteiger partial charge >= 0.3 is 13.6 Å². The van der Waals surface area contributed by atoms with Crippen molar-refractivity contribution in [3.05, 3.63) is 0 Å².